The summed E-state index contributed by atoms with van der Waals surface area (Å²) in [5.41, 5.74) is 7.11. The van der Waals surface area contributed by atoms with Crippen LogP contribution in [0.3, 0.4) is 0 Å². The summed E-state index contributed by atoms with van der Waals surface area (Å²) in [6, 6.07) is 18.2. The van der Waals surface area contributed by atoms with Crippen molar-refractivity contribution in [3.63, 3.8) is 0 Å². The molecule has 2 aromatic carbocycles. The van der Waals surface area contributed by atoms with Crippen molar-refractivity contribution in [2.24, 2.45) is 5.10 Å². The fourth-order valence-corrected chi connectivity index (χ4v) is 2.02. The van der Waals surface area contributed by atoms with Crippen LogP contribution in [0.2, 0.25) is 0 Å². The molecule has 0 atom stereocenters. The molecule has 0 radical (unpaired) electrons. The molecule has 0 unspecified atom stereocenters. The molecule has 2 aromatic rings. The minimum Gasteiger partial charge on any atom is -0.331 e. The molecule has 2 N–H and O–H groups in total. The number of hydrogen-bond acceptors (Lipinski definition) is 2. The lowest BCUT2D eigenvalue weighted by Gasteiger charge is -2.08. The van der Waals surface area contributed by atoms with Crippen LogP contribution in [-0.2, 0) is 6.42 Å². The molecule has 0 heterocycles. The Kier molecular flexibility index (Phi) is 5.46. The number of para-hydroxylation sites is 1. The van der Waals surface area contributed by atoms with Gasteiger partial charge in [-0.1, -0.05) is 49.4 Å². The van der Waals surface area contributed by atoms with Crippen molar-refractivity contribution in [2.75, 3.05) is 5.32 Å². The fourth-order valence-electron chi connectivity index (χ4n) is 1.86. The molecule has 2 rings (SSSR count). The molecule has 108 valence electrons. The average molecular weight is 297 g/mol. The molecule has 21 heavy (non-hydrogen) atoms. The van der Waals surface area contributed by atoms with Gasteiger partial charge in [0.1, 0.15) is 0 Å². The summed E-state index contributed by atoms with van der Waals surface area (Å²) < 4.78 is 0. The van der Waals surface area contributed by atoms with Crippen LogP contribution in [0.1, 0.15) is 25.0 Å². The third-order valence-electron chi connectivity index (χ3n) is 3.14. The smallest absolute Gasteiger partial charge is 0.191 e. The van der Waals surface area contributed by atoms with Crippen LogP contribution in [0.5, 0.6) is 0 Å². The van der Waals surface area contributed by atoms with E-state index in [0.29, 0.717) is 5.11 Å². The highest BCUT2D eigenvalue weighted by molar-refractivity contribution is 7.80. The first-order chi connectivity index (χ1) is 10.2. The summed E-state index contributed by atoms with van der Waals surface area (Å²) in [7, 11) is 0. The maximum atomic E-state index is 5.21. The van der Waals surface area contributed by atoms with E-state index >= 15 is 0 Å². The van der Waals surface area contributed by atoms with Gasteiger partial charge in [-0.2, -0.15) is 5.10 Å². The van der Waals surface area contributed by atoms with E-state index in [0.717, 1.165) is 23.4 Å². The largest absolute Gasteiger partial charge is 0.331 e. The summed E-state index contributed by atoms with van der Waals surface area (Å²) in [6.07, 6.45) is 1.04. The van der Waals surface area contributed by atoms with E-state index in [1.165, 1.54) is 5.56 Å². The second kappa shape index (κ2) is 7.55. The van der Waals surface area contributed by atoms with E-state index in [1.807, 2.05) is 37.3 Å². The summed E-state index contributed by atoms with van der Waals surface area (Å²) in [4.78, 5) is 0. The number of nitrogens with zero attached hydrogens (tertiary/aromatic N) is 1. The Bertz CT molecular complexity index is 618. The van der Waals surface area contributed by atoms with E-state index < -0.39 is 0 Å². The second-order valence-corrected chi connectivity index (χ2v) is 5.09. The number of hydrogen-bond donors (Lipinski definition) is 2. The zero-order chi connectivity index (χ0) is 15.1. The molecular weight excluding hydrogens is 278 g/mol. The molecule has 0 aromatic heterocycles. The zero-order valence-electron chi connectivity index (χ0n) is 12.3. The van der Waals surface area contributed by atoms with E-state index in [4.69, 9.17) is 12.2 Å². The molecule has 0 aliphatic rings. The van der Waals surface area contributed by atoms with Crippen LogP contribution < -0.4 is 10.7 Å². The van der Waals surface area contributed by atoms with Gasteiger partial charge >= 0.3 is 0 Å². The number of benzene rings is 2. The lowest BCUT2D eigenvalue weighted by atomic mass is 10.1. The Morgan fingerprint density at radius 3 is 2.33 bits per heavy atom. The topological polar surface area (TPSA) is 36.4 Å². The van der Waals surface area contributed by atoms with Crippen LogP contribution in [0, 0.1) is 0 Å². The van der Waals surface area contributed by atoms with E-state index in [1.54, 1.807) is 0 Å². The Hall–Kier alpha value is -2.20. The van der Waals surface area contributed by atoms with Crippen molar-refractivity contribution in [3.05, 3.63) is 65.7 Å². The molecule has 0 aliphatic carbocycles. The van der Waals surface area contributed by atoms with Crippen LogP contribution in [-0.4, -0.2) is 10.8 Å². The maximum Gasteiger partial charge on any atom is 0.191 e. The van der Waals surface area contributed by atoms with Crippen molar-refractivity contribution in [1.29, 1.82) is 0 Å². The molecule has 0 spiro atoms. The van der Waals surface area contributed by atoms with Crippen LogP contribution in [0.4, 0.5) is 5.69 Å². The number of nitrogens with one attached hydrogen (secondary N) is 2. The van der Waals surface area contributed by atoms with Crippen molar-refractivity contribution >= 4 is 28.7 Å². The summed E-state index contributed by atoms with van der Waals surface area (Å²) >= 11 is 5.21. The van der Waals surface area contributed by atoms with Gasteiger partial charge in [-0.3, -0.25) is 5.43 Å². The number of rotatable bonds is 4. The van der Waals surface area contributed by atoms with E-state index in [-0.39, 0.29) is 0 Å². The highest BCUT2D eigenvalue weighted by Gasteiger charge is 1.99. The Labute approximate surface area is 131 Å². The zero-order valence-corrected chi connectivity index (χ0v) is 13.1. The highest BCUT2D eigenvalue weighted by Crippen LogP contribution is 2.07. The fraction of sp³-hybridized carbons (Fsp3) is 0.176. The third kappa shape index (κ3) is 4.68. The van der Waals surface area contributed by atoms with Gasteiger partial charge in [0.05, 0.1) is 5.71 Å². The predicted molar refractivity (Wildman–Crippen MR) is 93.8 cm³/mol. The predicted octanol–water partition coefficient (Wildman–Crippen LogP) is 3.96. The van der Waals surface area contributed by atoms with Gasteiger partial charge in [-0.15, -0.1) is 0 Å². The number of aryl methyl sites for hydroxylation is 1. The van der Waals surface area contributed by atoms with E-state index in [2.05, 4.69) is 47.0 Å². The third-order valence-corrected chi connectivity index (χ3v) is 3.33. The minimum absolute atomic E-state index is 0.478. The SMILES string of the molecule is CCc1ccc(C(C)=NNC(=S)Nc2ccccc2)cc1. The Morgan fingerprint density at radius 2 is 1.71 bits per heavy atom. The molecule has 3 nitrogen and oxygen atoms in total. The standard InChI is InChI=1S/C17H19N3S/c1-3-14-9-11-15(12-10-14)13(2)19-20-17(21)18-16-7-5-4-6-8-16/h4-12H,3H2,1-2H3,(H2,18,20,21). The van der Waals surface area contributed by atoms with Crippen LogP contribution >= 0.6 is 12.2 Å². The van der Waals surface area contributed by atoms with Crippen molar-refractivity contribution in [1.82, 2.24) is 5.43 Å². The molecule has 0 fully saturated rings. The van der Waals surface area contributed by atoms with Gasteiger partial charge < -0.3 is 5.32 Å². The first-order valence-electron chi connectivity index (χ1n) is 6.94. The maximum absolute atomic E-state index is 5.21. The molecule has 0 amide bonds. The van der Waals surface area contributed by atoms with E-state index in [9.17, 15) is 0 Å². The van der Waals surface area contributed by atoms with Crippen molar-refractivity contribution in [2.45, 2.75) is 20.3 Å². The number of anilines is 1. The second-order valence-electron chi connectivity index (χ2n) is 4.68. The van der Waals surface area contributed by atoms with Gasteiger partial charge in [0.2, 0.25) is 0 Å². The summed E-state index contributed by atoms with van der Waals surface area (Å²) in [5, 5.41) is 7.87. The lowest BCUT2D eigenvalue weighted by molar-refractivity contribution is 1.04. The first kappa shape index (κ1) is 15.2. The summed E-state index contributed by atoms with van der Waals surface area (Å²) in [6.45, 7) is 4.10. The van der Waals surface area contributed by atoms with Crippen molar-refractivity contribution in [3.8, 4) is 0 Å². The number of thiocarbonyl (C=S) groups is 1. The van der Waals surface area contributed by atoms with Gasteiger partial charge in [-0.05, 0) is 48.8 Å². The van der Waals surface area contributed by atoms with Gasteiger partial charge in [0, 0.05) is 5.69 Å². The summed E-state index contributed by atoms with van der Waals surface area (Å²) in [5.74, 6) is 0. The van der Waals surface area contributed by atoms with Gasteiger partial charge in [0.15, 0.2) is 5.11 Å². The van der Waals surface area contributed by atoms with Crippen molar-refractivity contribution < 1.29 is 0 Å². The molecule has 4 heteroatoms. The van der Waals surface area contributed by atoms with Crippen LogP contribution in [0.15, 0.2) is 59.7 Å². The molecule has 0 saturated carbocycles. The molecule has 0 aliphatic heterocycles. The average Bonchev–Trinajstić information content (AvgIpc) is 2.53. The molecular formula is C17H19N3S. The molecule has 0 bridgehead atoms. The quantitative estimate of drug-likeness (QED) is 0.509. The monoisotopic (exact) mass is 297 g/mol. The van der Waals surface area contributed by atoms with Crippen LogP contribution in [0.25, 0.3) is 0 Å². The Morgan fingerprint density at radius 1 is 1.05 bits per heavy atom. The minimum atomic E-state index is 0.478. The normalized spacial score (nSPS) is 11.0. The molecule has 0 saturated heterocycles. The number of hydrazone groups is 1. The van der Waals surface area contributed by atoms with Gasteiger partial charge in [-0.25, -0.2) is 0 Å². The first-order valence-corrected chi connectivity index (χ1v) is 7.35. The lowest BCUT2D eigenvalue weighted by Crippen LogP contribution is -2.24. The Balaban J connectivity index is 1.94. The van der Waals surface area contributed by atoms with Gasteiger partial charge in [0.25, 0.3) is 0 Å². The highest BCUT2D eigenvalue weighted by atomic mass is 32.1.